The first kappa shape index (κ1) is 16.0. The number of rotatable bonds is 3. The summed E-state index contributed by atoms with van der Waals surface area (Å²) in [5, 5.41) is 6.08. The van der Waals surface area contributed by atoms with Gasteiger partial charge in [0.1, 0.15) is 5.02 Å². The summed E-state index contributed by atoms with van der Waals surface area (Å²) in [6.07, 6.45) is 1.47. The molecule has 120 valence electrons. The standard InChI is InChI=1S/C15H14BrClN4O2/c16-11-3-1-10(2-4-11)8-21-6-5-20(9-13(21)22)12-7-18-19-15(23)14(12)17/h1-4,7H,5-6,8-9H2,(H,19,23). The van der Waals surface area contributed by atoms with Crippen molar-refractivity contribution in [3.63, 3.8) is 0 Å². The Labute approximate surface area is 146 Å². The number of carbonyl (C=O) groups excluding carboxylic acids is 1. The van der Waals surface area contributed by atoms with Crippen molar-refractivity contribution in [2.45, 2.75) is 6.54 Å². The van der Waals surface area contributed by atoms with E-state index in [2.05, 4.69) is 26.1 Å². The Kier molecular flexibility index (Phi) is 4.68. The number of nitrogens with zero attached hydrogens (tertiary/aromatic N) is 3. The first-order valence-electron chi connectivity index (χ1n) is 7.05. The highest BCUT2D eigenvalue weighted by Crippen LogP contribution is 2.22. The molecule has 1 aliphatic rings. The molecule has 0 unspecified atom stereocenters. The van der Waals surface area contributed by atoms with Crippen LogP contribution in [0.25, 0.3) is 0 Å². The molecule has 0 radical (unpaired) electrons. The van der Waals surface area contributed by atoms with Crippen LogP contribution in [-0.2, 0) is 11.3 Å². The summed E-state index contributed by atoms with van der Waals surface area (Å²) >= 11 is 9.40. The smallest absolute Gasteiger partial charge is 0.285 e. The zero-order valence-corrected chi connectivity index (χ0v) is 14.5. The first-order valence-corrected chi connectivity index (χ1v) is 8.22. The fourth-order valence-corrected chi connectivity index (χ4v) is 2.96. The first-order chi connectivity index (χ1) is 11.0. The molecule has 0 atom stereocenters. The van der Waals surface area contributed by atoms with E-state index in [4.69, 9.17) is 11.6 Å². The van der Waals surface area contributed by atoms with Gasteiger partial charge >= 0.3 is 0 Å². The molecular weight excluding hydrogens is 384 g/mol. The van der Waals surface area contributed by atoms with E-state index in [-0.39, 0.29) is 17.5 Å². The molecule has 0 saturated carbocycles. The third kappa shape index (κ3) is 3.56. The minimum Gasteiger partial charge on any atom is -0.358 e. The van der Waals surface area contributed by atoms with Crippen molar-refractivity contribution in [3.05, 3.63) is 55.9 Å². The van der Waals surface area contributed by atoms with E-state index in [1.54, 1.807) is 9.80 Å². The number of hydrogen-bond donors (Lipinski definition) is 1. The van der Waals surface area contributed by atoms with Crippen LogP contribution in [0.2, 0.25) is 5.02 Å². The SMILES string of the molecule is O=C1CN(c2cn[nH]c(=O)c2Cl)CCN1Cc1ccc(Br)cc1. The fraction of sp³-hybridized carbons (Fsp3) is 0.267. The molecular formula is C15H14BrClN4O2. The maximum atomic E-state index is 12.4. The summed E-state index contributed by atoms with van der Waals surface area (Å²) in [5.41, 5.74) is 1.12. The molecule has 3 rings (SSSR count). The van der Waals surface area contributed by atoms with Crippen molar-refractivity contribution >= 4 is 39.1 Å². The summed E-state index contributed by atoms with van der Waals surface area (Å²) in [6, 6.07) is 7.89. The molecule has 1 aromatic carbocycles. The Morgan fingerprint density at radius 3 is 2.65 bits per heavy atom. The summed E-state index contributed by atoms with van der Waals surface area (Å²) in [6.45, 7) is 1.92. The number of benzene rings is 1. The second-order valence-corrected chi connectivity index (χ2v) is 6.56. The number of anilines is 1. The maximum Gasteiger partial charge on any atom is 0.285 e. The minimum absolute atomic E-state index is 0.00415. The Balaban J connectivity index is 1.70. The van der Waals surface area contributed by atoms with Gasteiger partial charge in [0, 0.05) is 24.1 Å². The van der Waals surface area contributed by atoms with Crippen LogP contribution in [0.1, 0.15) is 5.56 Å². The zero-order valence-electron chi connectivity index (χ0n) is 12.1. The van der Waals surface area contributed by atoms with Gasteiger partial charge in [-0.15, -0.1) is 0 Å². The van der Waals surface area contributed by atoms with Gasteiger partial charge in [0.2, 0.25) is 5.91 Å². The molecule has 1 N–H and O–H groups in total. The Morgan fingerprint density at radius 2 is 1.96 bits per heavy atom. The van der Waals surface area contributed by atoms with Gasteiger partial charge in [-0.05, 0) is 17.7 Å². The third-order valence-corrected chi connectivity index (χ3v) is 4.62. The molecule has 2 heterocycles. The number of H-pyrrole nitrogens is 1. The Bertz CT molecular complexity index is 778. The highest BCUT2D eigenvalue weighted by atomic mass is 79.9. The molecule has 23 heavy (non-hydrogen) atoms. The molecule has 1 amide bonds. The molecule has 1 saturated heterocycles. The van der Waals surface area contributed by atoms with Crippen molar-refractivity contribution in [1.29, 1.82) is 0 Å². The monoisotopic (exact) mass is 396 g/mol. The van der Waals surface area contributed by atoms with E-state index in [1.807, 2.05) is 24.3 Å². The largest absolute Gasteiger partial charge is 0.358 e. The highest BCUT2D eigenvalue weighted by Gasteiger charge is 2.26. The topological polar surface area (TPSA) is 69.3 Å². The molecule has 6 nitrogen and oxygen atoms in total. The number of piperazine rings is 1. The van der Waals surface area contributed by atoms with Gasteiger partial charge in [0.05, 0.1) is 18.4 Å². The van der Waals surface area contributed by atoms with Gasteiger partial charge in [-0.25, -0.2) is 5.10 Å². The van der Waals surface area contributed by atoms with E-state index >= 15 is 0 Å². The van der Waals surface area contributed by atoms with Crippen molar-refractivity contribution in [3.8, 4) is 0 Å². The van der Waals surface area contributed by atoms with E-state index in [1.165, 1.54) is 6.20 Å². The van der Waals surface area contributed by atoms with Crippen molar-refractivity contribution in [2.24, 2.45) is 0 Å². The molecule has 0 bridgehead atoms. The average molecular weight is 398 g/mol. The van der Waals surface area contributed by atoms with Crippen LogP contribution in [0.4, 0.5) is 5.69 Å². The second-order valence-electron chi connectivity index (χ2n) is 5.26. The van der Waals surface area contributed by atoms with Crippen molar-refractivity contribution in [1.82, 2.24) is 15.1 Å². The number of aromatic nitrogens is 2. The van der Waals surface area contributed by atoms with Crippen LogP contribution in [0.3, 0.4) is 0 Å². The van der Waals surface area contributed by atoms with E-state index in [9.17, 15) is 9.59 Å². The normalized spacial score (nSPS) is 15.1. The van der Waals surface area contributed by atoms with Gasteiger partial charge in [0.25, 0.3) is 5.56 Å². The predicted molar refractivity (Wildman–Crippen MR) is 91.6 cm³/mol. The van der Waals surface area contributed by atoms with Crippen LogP contribution in [0.5, 0.6) is 0 Å². The number of amides is 1. The average Bonchev–Trinajstić information content (AvgIpc) is 2.54. The summed E-state index contributed by atoms with van der Waals surface area (Å²) in [4.78, 5) is 27.5. The maximum absolute atomic E-state index is 12.4. The lowest BCUT2D eigenvalue weighted by atomic mass is 10.2. The van der Waals surface area contributed by atoms with Crippen LogP contribution >= 0.6 is 27.5 Å². The van der Waals surface area contributed by atoms with Crippen LogP contribution in [0, 0.1) is 0 Å². The zero-order chi connectivity index (χ0) is 16.4. The van der Waals surface area contributed by atoms with E-state index in [0.717, 1.165) is 10.0 Å². The van der Waals surface area contributed by atoms with E-state index in [0.29, 0.717) is 25.3 Å². The van der Waals surface area contributed by atoms with Gasteiger partial charge in [-0.3, -0.25) is 9.59 Å². The second kappa shape index (κ2) is 6.72. The summed E-state index contributed by atoms with van der Waals surface area (Å²) < 4.78 is 1.01. The molecule has 0 aliphatic carbocycles. The van der Waals surface area contributed by atoms with Gasteiger partial charge in [0.15, 0.2) is 0 Å². The van der Waals surface area contributed by atoms with Gasteiger partial charge in [-0.1, -0.05) is 39.7 Å². The predicted octanol–water partition coefficient (Wildman–Crippen LogP) is 2.03. The van der Waals surface area contributed by atoms with Crippen molar-refractivity contribution in [2.75, 3.05) is 24.5 Å². The number of carbonyl (C=O) groups is 1. The number of hydrogen-bond acceptors (Lipinski definition) is 4. The van der Waals surface area contributed by atoms with Crippen LogP contribution in [-0.4, -0.2) is 40.6 Å². The van der Waals surface area contributed by atoms with Crippen molar-refractivity contribution < 1.29 is 4.79 Å². The molecule has 1 aromatic heterocycles. The molecule has 0 spiro atoms. The van der Waals surface area contributed by atoms with Crippen LogP contribution < -0.4 is 10.5 Å². The third-order valence-electron chi connectivity index (χ3n) is 3.72. The lowest BCUT2D eigenvalue weighted by Crippen LogP contribution is -2.50. The molecule has 1 fully saturated rings. The highest BCUT2D eigenvalue weighted by molar-refractivity contribution is 9.10. The number of aromatic amines is 1. The lowest BCUT2D eigenvalue weighted by molar-refractivity contribution is -0.131. The van der Waals surface area contributed by atoms with Gasteiger partial charge < -0.3 is 9.80 Å². The molecule has 1 aliphatic heterocycles. The number of halogens is 2. The van der Waals surface area contributed by atoms with Gasteiger partial charge in [-0.2, -0.15) is 5.10 Å². The fourth-order valence-electron chi connectivity index (χ4n) is 2.49. The van der Waals surface area contributed by atoms with Crippen LogP contribution in [0.15, 0.2) is 39.7 Å². The Morgan fingerprint density at radius 1 is 1.22 bits per heavy atom. The quantitative estimate of drug-likeness (QED) is 0.860. The number of nitrogens with one attached hydrogen (secondary N) is 1. The lowest BCUT2D eigenvalue weighted by Gasteiger charge is -2.35. The Hall–Kier alpha value is -1.86. The molecule has 8 heteroatoms. The van der Waals surface area contributed by atoms with E-state index < -0.39 is 5.56 Å². The summed E-state index contributed by atoms with van der Waals surface area (Å²) in [5.74, 6) is -0.00415. The molecule has 2 aromatic rings. The minimum atomic E-state index is -0.450. The summed E-state index contributed by atoms with van der Waals surface area (Å²) in [7, 11) is 0.